The summed E-state index contributed by atoms with van der Waals surface area (Å²) in [4.78, 5) is 20.3. The molecule has 0 aliphatic carbocycles. The number of rotatable bonds is 4. The first-order valence-electron chi connectivity index (χ1n) is 2.90. The van der Waals surface area contributed by atoms with Gasteiger partial charge in [0.2, 0.25) is 5.78 Å². The Hall–Kier alpha value is -1.14. The van der Waals surface area contributed by atoms with Crippen molar-refractivity contribution in [2.75, 3.05) is 0 Å². The molecule has 54 valence electrons. The highest BCUT2D eigenvalue weighted by Crippen LogP contribution is 1.92. The van der Waals surface area contributed by atoms with Gasteiger partial charge in [0.15, 0.2) is 6.29 Å². The second-order valence-electron chi connectivity index (χ2n) is 1.87. The summed E-state index contributed by atoms with van der Waals surface area (Å²) in [6.45, 7) is 0. The van der Waals surface area contributed by atoms with Crippen LogP contribution >= 0.6 is 0 Å². The van der Waals surface area contributed by atoms with E-state index in [2.05, 4.69) is 5.92 Å². The SMILES string of the molecule is C#CCCC(N)C(=O)C=O. The lowest BCUT2D eigenvalue weighted by atomic mass is 10.1. The van der Waals surface area contributed by atoms with E-state index in [4.69, 9.17) is 12.2 Å². The summed E-state index contributed by atoms with van der Waals surface area (Å²) in [5, 5.41) is 0. The Morgan fingerprint density at radius 2 is 2.40 bits per heavy atom. The Kier molecular flexibility index (Phi) is 4.17. The average molecular weight is 139 g/mol. The highest BCUT2D eigenvalue weighted by atomic mass is 16.2. The molecule has 10 heavy (non-hydrogen) atoms. The molecule has 2 N–H and O–H groups in total. The summed E-state index contributed by atoms with van der Waals surface area (Å²) >= 11 is 0. The van der Waals surface area contributed by atoms with E-state index in [1.807, 2.05) is 0 Å². The zero-order valence-electron chi connectivity index (χ0n) is 5.54. The van der Waals surface area contributed by atoms with Gasteiger partial charge in [-0.25, -0.2) is 0 Å². The highest BCUT2D eigenvalue weighted by Gasteiger charge is 2.09. The number of Topliss-reactive ketones (excluding diaryl/α,β-unsaturated/α-hetero) is 1. The largest absolute Gasteiger partial charge is 0.321 e. The molecule has 0 heterocycles. The van der Waals surface area contributed by atoms with Crippen LogP contribution in [0.5, 0.6) is 0 Å². The number of carbonyl (C=O) groups excluding carboxylic acids is 2. The van der Waals surface area contributed by atoms with Crippen LogP contribution in [0.15, 0.2) is 0 Å². The first-order chi connectivity index (χ1) is 4.72. The molecule has 0 spiro atoms. The summed E-state index contributed by atoms with van der Waals surface area (Å²) in [5.41, 5.74) is 5.24. The topological polar surface area (TPSA) is 60.2 Å². The van der Waals surface area contributed by atoms with Gasteiger partial charge in [-0.1, -0.05) is 0 Å². The summed E-state index contributed by atoms with van der Waals surface area (Å²) in [6.07, 6.45) is 5.95. The summed E-state index contributed by atoms with van der Waals surface area (Å²) in [7, 11) is 0. The van der Waals surface area contributed by atoms with Crippen LogP contribution in [0.1, 0.15) is 12.8 Å². The van der Waals surface area contributed by atoms with Crippen LogP contribution in [0.2, 0.25) is 0 Å². The molecule has 0 aliphatic heterocycles. The lowest BCUT2D eigenvalue weighted by Crippen LogP contribution is -2.30. The average Bonchev–Trinajstić information content (AvgIpc) is 1.98. The molecule has 0 radical (unpaired) electrons. The van der Waals surface area contributed by atoms with Crippen molar-refractivity contribution in [2.45, 2.75) is 18.9 Å². The number of hydrogen-bond donors (Lipinski definition) is 1. The van der Waals surface area contributed by atoms with Crippen molar-refractivity contribution in [1.29, 1.82) is 0 Å². The lowest BCUT2D eigenvalue weighted by Gasteiger charge is -2.01. The first kappa shape index (κ1) is 8.86. The molecule has 1 unspecified atom stereocenters. The van der Waals surface area contributed by atoms with Gasteiger partial charge in [-0.2, -0.15) is 0 Å². The molecule has 0 aliphatic rings. The van der Waals surface area contributed by atoms with E-state index in [1.54, 1.807) is 0 Å². The fraction of sp³-hybridized carbons (Fsp3) is 0.429. The number of nitrogens with two attached hydrogens (primary N) is 1. The highest BCUT2D eigenvalue weighted by molar-refractivity contribution is 6.27. The maximum absolute atomic E-state index is 10.5. The molecule has 0 amide bonds. The van der Waals surface area contributed by atoms with Gasteiger partial charge in [0.1, 0.15) is 0 Å². The van der Waals surface area contributed by atoms with E-state index >= 15 is 0 Å². The zero-order valence-corrected chi connectivity index (χ0v) is 5.54. The summed E-state index contributed by atoms with van der Waals surface area (Å²) in [5.74, 6) is 1.74. The van der Waals surface area contributed by atoms with Crippen LogP contribution in [-0.4, -0.2) is 18.1 Å². The predicted molar refractivity (Wildman–Crippen MR) is 37.1 cm³/mol. The summed E-state index contributed by atoms with van der Waals surface area (Å²) in [6, 6.07) is -0.714. The maximum Gasteiger partial charge on any atom is 0.211 e. The van der Waals surface area contributed by atoms with Crippen molar-refractivity contribution in [3.63, 3.8) is 0 Å². The fourth-order valence-electron chi connectivity index (χ4n) is 0.468. The van der Waals surface area contributed by atoms with Crippen molar-refractivity contribution >= 4 is 12.1 Å². The molecule has 0 rings (SSSR count). The smallest absolute Gasteiger partial charge is 0.211 e. The van der Waals surface area contributed by atoms with Gasteiger partial charge in [0, 0.05) is 6.42 Å². The molecule has 0 bridgehead atoms. The molecule has 3 nitrogen and oxygen atoms in total. The minimum Gasteiger partial charge on any atom is -0.321 e. The molecule has 3 heteroatoms. The Balaban J connectivity index is 3.63. The Morgan fingerprint density at radius 1 is 1.80 bits per heavy atom. The van der Waals surface area contributed by atoms with Crippen LogP contribution in [-0.2, 0) is 9.59 Å². The van der Waals surface area contributed by atoms with Crippen LogP contribution < -0.4 is 5.73 Å². The lowest BCUT2D eigenvalue weighted by molar-refractivity contribution is -0.130. The van der Waals surface area contributed by atoms with Crippen molar-refractivity contribution in [1.82, 2.24) is 0 Å². The van der Waals surface area contributed by atoms with Crippen molar-refractivity contribution in [3.8, 4) is 12.3 Å². The Morgan fingerprint density at radius 3 is 2.80 bits per heavy atom. The number of ketones is 1. The van der Waals surface area contributed by atoms with Gasteiger partial charge in [-0.05, 0) is 6.42 Å². The quantitative estimate of drug-likeness (QED) is 0.324. The van der Waals surface area contributed by atoms with Crippen LogP contribution in [0.3, 0.4) is 0 Å². The molecule has 0 aromatic heterocycles. The third-order valence-corrected chi connectivity index (χ3v) is 1.08. The molecular formula is C7H9NO2. The Labute approximate surface area is 59.6 Å². The van der Waals surface area contributed by atoms with Gasteiger partial charge in [-0.3, -0.25) is 9.59 Å². The fourth-order valence-corrected chi connectivity index (χ4v) is 0.468. The van der Waals surface area contributed by atoms with Crippen LogP contribution in [0.4, 0.5) is 0 Å². The predicted octanol–water partition coefficient (Wildman–Crippen LogP) is -0.505. The van der Waals surface area contributed by atoms with E-state index < -0.39 is 11.8 Å². The first-order valence-corrected chi connectivity index (χ1v) is 2.90. The van der Waals surface area contributed by atoms with Gasteiger partial charge >= 0.3 is 0 Å². The molecule has 0 fully saturated rings. The number of aldehydes is 1. The van der Waals surface area contributed by atoms with Crippen molar-refractivity contribution in [3.05, 3.63) is 0 Å². The third kappa shape index (κ3) is 3.00. The van der Waals surface area contributed by atoms with E-state index in [0.717, 1.165) is 0 Å². The molecule has 1 atom stereocenters. The van der Waals surface area contributed by atoms with E-state index in [-0.39, 0.29) is 6.29 Å². The monoisotopic (exact) mass is 139 g/mol. The van der Waals surface area contributed by atoms with Gasteiger partial charge in [0.25, 0.3) is 0 Å². The normalized spacial score (nSPS) is 11.6. The molecular weight excluding hydrogens is 130 g/mol. The van der Waals surface area contributed by atoms with Crippen LogP contribution in [0.25, 0.3) is 0 Å². The minimum atomic E-state index is -0.714. The second-order valence-corrected chi connectivity index (χ2v) is 1.87. The van der Waals surface area contributed by atoms with Gasteiger partial charge < -0.3 is 5.73 Å². The standard InChI is InChI=1S/C7H9NO2/c1-2-3-4-6(8)7(10)5-9/h1,5-6H,3-4,8H2. The van der Waals surface area contributed by atoms with Gasteiger partial charge in [0.05, 0.1) is 6.04 Å². The Bertz CT molecular complexity index is 169. The van der Waals surface area contributed by atoms with Crippen molar-refractivity contribution < 1.29 is 9.59 Å². The number of carbonyl (C=O) groups is 2. The van der Waals surface area contributed by atoms with E-state index in [1.165, 1.54) is 0 Å². The van der Waals surface area contributed by atoms with Crippen molar-refractivity contribution in [2.24, 2.45) is 5.73 Å². The molecule has 0 aromatic rings. The van der Waals surface area contributed by atoms with Crippen LogP contribution in [0, 0.1) is 12.3 Å². The minimum absolute atomic E-state index is 0.223. The van der Waals surface area contributed by atoms with E-state index in [9.17, 15) is 9.59 Å². The summed E-state index contributed by atoms with van der Waals surface area (Å²) < 4.78 is 0. The van der Waals surface area contributed by atoms with E-state index in [0.29, 0.717) is 12.8 Å². The number of terminal acetylenes is 1. The second kappa shape index (κ2) is 4.71. The molecule has 0 saturated carbocycles. The molecule has 0 saturated heterocycles. The third-order valence-electron chi connectivity index (χ3n) is 1.08. The van der Waals surface area contributed by atoms with Gasteiger partial charge in [-0.15, -0.1) is 12.3 Å². The number of hydrogen-bond acceptors (Lipinski definition) is 3. The molecule has 0 aromatic carbocycles. The zero-order chi connectivity index (χ0) is 7.98. The maximum atomic E-state index is 10.5.